The number of fused-ring (bicyclic) bond motifs is 1. The van der Waals surface area contributed by atoms with E-state index in [1.165, 1.54) is 49.4 Å². The fraction of sp³-hybridized carbons (Fsp3) is 0.111. The van der Waals surface area contributed by atoms with E-state index >= 15 is 0 Å². The second kappa shape index (κ2) is 8.07. The molecular formula is C18H14ClFN2O5S2. The molecule has 2 aromatic carbocycles. The maximum absolute atomic E-state index is 13.3. The molecule has 1 amide bonds. The van der Waals surface area contributed by atoms with Gasteiger partial charge in [-0.1, -0.05) is 11.6 Å². The Morgan fingerprint density at radius 3 is 2.48 bits per heavy atom. The Kier molecular flexibility index (Phi) is 5.90. The Morgan fingerprint density at radius 2 is 1.86 bits per heavy atom. The van der Waals surface area contributed by atoms with Crippen molar-refractivity contribution in [1.29, 1.82) is 0 Å². The van der Waals surface area contributed by atoms with Crippen LogP contribution in [0, 0.1) is 5.82 Å². The third-order valence-corrected chi connectivity index (χ3v) is 6.45. The summed E-state index contributed by atoms with van der Waals surface area (Å²) in [6.07, 6.45) is -1.17. The summed E-state index contributed by atoms with van der Waals surface area (Å²) in [5, 5.41) is 8.14. The number of carbonyl (C=O) groups excluding carboxylic acids is 2. The van der Waals surface area contributed by atoms with Crippen LogP contribution in [0.2, 0.25) is 5.02 Å². The van der Waals surface area contributed by atoms with Crippen LogP contribution in [0.25, 0.3) is 10.1 Å². The van der Waals surface area contributed by atoms with Crippen molar-refractivity contribution >= 4 is 60.6 Å². The molecule has 0 unspecified atom stereocenters. The lowest BCUT2D eigenvalue weighted by Gasteiger charge is -2.13. The average molecular weight is 457 g/mol. The number of esters is 1. The van der Waals surface area contributed by atoms with Gasteiger partial charge < -0.3 is 10.1 Å². The van der Waals surface area contributed by atoms with E-state index < -0.39 is 33.8 Å². The van der Waals surface area contributed by atoms with Crippen LogP contribution < -0.4 is 10.5 Å². The lowest BCUT2D eigenvalue weighted by molar-refractivity contribution is -0.123. The number of hydrogen-bond acceptors (Lipinski definition) is 6. The average Bonchev–Trinajstić information content (AvgIpc) is 2.97. The molecule has 0 bridgehead atoms. The van der Waals surface area contributed by atoms with Gasteiger partial charge in [0.1, 0.15) is 10.7 Å². The van der Waals surface area contributed by atoms with Gasteiger partial charge >= 0.3 is 5.97 Å². The normalized spacial score (nSPS) is 12.6. The highest BCUT2D eigenvalue weighted by atomic mass is 35.5. The minimum absolute atomic E-state index is 0.0596. The van der Waals surface area contributed by atoms with E-state index in [9.17, 15) is 22.4 Å². The molecule has 1 atom stereocenters. The third-order valence-electron chi connectivity index (χ3n) is 3.88. The number of halogens is 2. The molecule has 1 heterocycles. The van der Waals surface area contributed by atoms with Crippen molar-refractivity contribution in [2.45, 2.75) is 17.9 Å². The minimum atomic E-state index is -3.85. The molecule has 0 aliphatic heterocycles. The predicted molar refractivity (Wildman–Crippen MR) is 108 cm³/mol. The molecule has 0 fully saturated rings. The number of nitrogens with two attached hydrogens (primary N) is 1. The highest BCUT2D eigenvalue weighted by Crippen LogP contribution is 2.36. The molecule has 29 heavy (non-hydrogen) atoms. The number of benzene rings is 2. The van der Waals surface area contributed by atoms with Crippen LogP contribution >= 0.6 is 22.9 Å². The number of ether oxygens (including phenoxy) is 1. The number of carbonyl (C=O) groups is 2. The first-order chi connectivity index (χ1) is 13.6. The Morgan fingerprint density at radius 1 is 1.21 bits per heavy atom. The predicted octanol–water partition coefficient (Wildman–Crippen LogP) is 3.53. The highest BCUT2D eigenvalue weighted by molar-refractivity contribution is 7.89. The van der Waals surface area contributed by atoms with E-state index in [0.29, 0.717) is 15.8 Å². The summed E-state index contributed by atoms with van der Waals surface area (Å²) in [5.41, 5.74) is 0.292. The van der Waals surface area contributed by atoms with Crippen LogP contribution in [0.5, 0.6) is 0 Å². The van der Waals surface area contributed by atoms with E-state index in [4.69, 9.17) is 21.5 Å². The summed E-state index contributed by atoms with van der Waals surface area (Å²) in [7, 11) is -3.85. The number of hydrogen-bond donors (Lipinski definition) is 2. The summed E-state index contributed by atoms with van der Waals surface area (Å²) in [6.45, 7) is 1.37. The van der Waals surface area contributed by atoms with E-state index in [1.807, 2.05) is 0 Å². The van der Waals surface area contributed by atoms with Gasteiger partial charge in [0.05, 0.1) is 9.92 Å². The molecule has 0 saturated heterocycles. The number of nitrogens with one attached hydrogen (secondary N) is 1. The molecule has 3 N–H and O–H groups in total. The topological polar surface area (TPSA) is 116 Å². The van der Waals surface area contributed by atoms with Crippen LogP contribution in [-0.4, -0.2) is 26.4 Å². The first kappa shape index (κ1) is 21.2. The van der Waals surface area contributed by atoms with Gasteiger partial charge in [0.25, 0.3) is 5.91 Å². The monoisotopic (exact) mass is 456 g/mol. The molecule has 3 rings (SSSR count). The summed E-state index contributed by atoms with van der Waals surface area (Å²) in [4.78, 5) is 24.6. The van der Waals surface area contributed by atoms with E-state index in [1.54, 1.807) is 0 Å². The maximum Gasteiger partial charge on any atom is 0.350 e. The van der Waals surface area contributed by atoms with Crippen molar-refractivity contribution in [3.8, 4) is 0 Å². The van der Waals surface area contributed by atoms with Crippen LogP contribution in [0.3, 0.4) is 0 Å². The molecule has 7 nitrogen and oxygen atoms in total. The summed E-state index contributed by atoms with van der Waals surface area (Å²) in [5.74, 6) is -1.91. The van der Waals surface area contributed by atoms with Crippen LogP contribution in [0.15, 0.2) is 47.4 Å². The van der Waals surface area contributed by atoms with Crippen LogP contribution in [0.1, 0.15) is 16.6 Å². The zero-order chi connectivity index (χ0) is 21.3. The lowest BCUT2D eigenvalue weighted by atomic mass is 10.2. The number of primary sulfonamides is 1. The zero-order valence-corrected chi connectivity index (χ0v) is 17.2. The van der Waals surface area contributed by atoms with Gasteiger partial charge in [0.2, 0.25) is 10.0 Å². The van der Waals surface area contributed by atoms with Crippen molar-refractivity contribution in [2.75, 3.05) is 5.32 Å². The molecule has 152 valence electrons. The minimum Gasteiger partial charge on any atom is -0.448 e. The Hall–Kier alpha value is -2.53. The van der Waals surface area contributed by atoms with Crippen molar-refractivity contribution in [2.24, 2.45) is 5.14 Å². The summed E-state index contributed by atoms with van der Waals surface area (Å²) in [6, 6.07) is 9.11. The Balaban J connectivity index is 1.69. The fourth-order valence-corrected chi connectivity index (χ4v) is 4.34. The highest BCUT2D eigenvalue weighted by Gasteiger charge is 2.24. The summed E-state index contributed by atoms with van der Waals surface area (Å²) < 4.78 is 41.5. The van der Waals surface area contributed by atoms with Gasteiger partial charge in [-0.3, -0.25) is 4.79 Å². The van der Waals surface area contributed by atoms with Crippen molar-refractivity contribution < 1.29 is 27.1 Å². The van der Waals surface area contributed by atoms with Gasteiger partial charge in [0.15, 0.2) is 6.10 Å². The SMILES string of the molecule is C[C@H](OC(=O)c1sc2cc(F)ccc2c1Cl)C(=O)Nc1ccc(S(N)(=O)=O)cc1. The Bertz CT molecular complexity index is 1210. The number of thiophene rings is 1. The number of rotatable bonds is 5. The molecule has 0 spiro atoms. The van der Waals surface area contributed by atoms with Gasteiger partial charge in [-0.2, -0.15) is 0 Å². The van der Waals surface area contributed by atoms with E-state index in [-0.39, 0.29) is 14.8 Å². The molecule has 0 saturated carbocycles. The second-order valence-corrected chi connectivity index (χ2v) is 8.98. The number of sulfonamides is 1. The summed E-state index contributed by atoms with van der Waals surface area (Å²) >= 11 is 7.14. The first-order valence-electron chi connectivity index (χ1n) is 8.08. The molecule has 11 heteroatoms. The van der Waals surface area contributed by atoms with Gasteiger partial charge in [0, 0.05) is 15.8 Å². The molecule has 0 radical (unpaired) electrons. The van der Waals surface area contributed by atoms with E-state index in [2.05, 4.69) is 5.32 Å². The lowest BCUT2D eigenvalue weighted by Crippen LogP contribution is -2.29. The third kappa shape index (κ3) is 4.73. The molecule has 1 aromatic heterocycles. The maximum atomic E-state index is 13.3. The molecule has 0 aliphatic rings. The number of anilines is 1. The first-order valence-corrected chi connectivity index (χ1v) is 10.8. The quantitative estimate of drug-likeness (QED) is 0.570. The number of amides is 1. The zero-order valence-electron chi connectivity index (χ0n) is 14.8. The standard InChI is InChI=1S/C18H14ClFN2O5S2/c1-9(17(23)22-11-3-5-12(6-4-11)29(21,25)26)27-18(24)16-15(19)13-7-2-10(20)8-14(13)28-16/h2-9H,1H3,(H,22,23)(H2,21,25,26)/t9-/m0/s1. The van der Waals surface area contributed by atoms with Crippen LogP contribution in [0.4, 0.5) is 10.1 Å². The smallest absolute Gasteiger partial charge is 0.350 e. The van der Waals surface area contributed by atoms with Crippen LogP contribution in [-0.2, 0) is 19.6 Å². The van der Waals surface area contributed by atoms with Gasteiger partial charge in [-0.15, -0.1) is 11.3 Å². The largest absolute Gasteiger partial charge is 0.448 e. The molecule has 3 aromatic rings. The van der Waals surface area contributed by atoms with E-state index in [0.717, 1.165) is 11.3 Å². The Labute approximate surface area is 174 Å². The fourth-order valence-electron chi connectivity index (χ4n) is 2.41. The van der Waals surface area contributed by atoms with Gasteiger partial charge in [-0.25, -0.2) is 22.7 Å². The molecular weight excluding hydrogens is 443 g/mol. The molecule has 0 aliphatic carbocycles. The van der Waals surface area contributed by atoms with Crippen molar-refractivity contribution in [3.63, 3.8) is 0 Å². The van der Waals surface area contributed by atoms with Crippen molar-refractivity contribution in [3.05, 3.63) is 58.2 Å². The van der Waals surface area contributed by atoms with Gasteiger partial charge in [-0.05, 0) is 49.4 Å². The van der Waals surface area contributed by atoms with Crippen molar-refractivity contribution in [1.82, 2.24) is 0 Å². The second-order valence-electron chi connectivity index (χ2n) is 5.99.